The van der Waals surface area contributed by atoms with Crippen LogP contribution in [0.15, 0.2) is 4.99 Å². The highest BCUT2D eigenvalue weighted by atomic mass is 16.4. The normalized spacial score (nSPS) is 25.0. The smallest absolute Gasteiger partial charge is 0.305 e. The Kier molecular flexibility index (Phi) is 12.8. The minimum absolute atomic E-state index is 0.0781. The molecule has 214 valence electrons. The number of fused-ring (bicyclic) bond motifs is 2. The number of guanidine groups is 1. The molecule has 2 fully saturated rings. The summed E-state index contributed by atoms with van der Waals surface area (Å²) in [7, 11) is 0. The van der Waals surface area contributed by atoms with E-state index in [4.69, 9.17) is 11.5 Å². The van der Waals surface area contributed by atoms with E-state index in [2.05, 4.69) is 33.2 Å². The molecule has 2 saturated heterocycles. The maximum absolute atomic E-state index is 13.4. The van der Waals surface area contributed by atoms with Gasteiger partial charge in [-0.2, -0.15) is 0 Å². The first kappa shape index (κ1) is 30.8. The minimum atomic E-state index is -1.31. The lowest BCUT2D eigenvalue weighted by molar-refractivity contribution is -0.141. The molecule has 0 aromatic heterocycles. The average molecular weight is 539 g/mol. The van der Waals surface area contributed by atoms with E-state index >= 15 is 0 Å². The summed E-state index contributed by atoms with van der Waals surface area (Å²) in [5.41, 5.74) is 10.7. The van der Waals surface area contributed by atoms with Gasteiger partial charge in [-0.25, -0.2) is 0 Å². The van der Waals surface area contributed by atoms with Gasteiger partial charge in [0.1, 0.15) is 12.1 Å². The zero-order valence-corrected chi connectivity index (χ0v) is 22.0. The molecule has 0 aromatic rings. The summed E-state index contributed by atoms with van der Waals surface area (Å²) in [6.07, 6.45) is 5.56. The largest absolute Gasteiger partial charge is 0.481 e. The number of carbonyl (C=O) groups excluding carboxylic acids is 4. The molecule has 2 bridgehead atoms. The molecule has 0 radical (unpaired) electrons. The number of carboxylic acids is 1. The Labute approximate surface area is 222 Å². The van der Waals surface area contributed by atoms with Crippen molar-refractivity contribution in [2.45, 2.75) is 88.9 Å². The summed E-state index contributed by atoms with van der Waals surface area (Å²) < 4.78 is 0. The Morgan fingerprint density at radius 3 is 2.39 bits per heavy atom. The molecule has 38 heavy (non-hydrogen) atoms. The molecule has 0 aromatic carbocycles. The predicted octanol–water partition coefficient (Wildman–Crippen LogP) is -1.86. The highest BCUT2D eigenvalue weighted by Gasteiger charge is 2.39. The quantitative estimate of drug-likeness (QED) is 0.0840. The molecule has 2 aliphatic heterocycles. The SMILES string of the molecule is CCCCCCCN1CC2CC1C(=O)NC(CCCN=C(N)N)C(=O)NCC(=O)NC(CC(=O)O)C(=O)N2. The lowest BCUT2D eigenvalue weighted by Crippen LogP contribution is -2.55. The fourth-order valence-electron chi connectivity index (χ4n) is 4.71. The fraction of sp³-hybridized carbons (Fsp3) is 0.750. The van der Waals surface area contributed by atoms with Crippen molar-refractivity contribution >= 4 is 35.6 Å². The van der Waals surface area contributed by atoms with E-state index in [1.807, 2.05) is 4.90 Å². The number of likely N-dealkylation sites (tertiary alicyclic amines) is 1. The van der Waals surface area contributed by atoms with Gasteiger partial charge in [0.15, 0.2) is 5.96 Å². The number of carboxylic acid groups (broad SMARTS) is 1. The van der Waals surface area contributed by atoms with Gasteiger partial charge in [0.25, 0.3) is 0 Å². The molecular weight excluding hydrogens is 496 g/mol. The Morgan fingerprint density at radius 1 is 0.974 bits per heavy atom. The second-order valence-electron chi connectivity index (χ2n) is 9.81. The predicted molar refractivity (Wildman–Crippen MR) is 140 cm³/mol. The standard InChI is InChI=1S/C24H42N8O6/c1-2-3-4-5-6-10-32-14-15-11-18(32)23(38)31-16(8-7-9-27-24(25)26)21(36)28-13-19(33)30-17(12-20(34)35)22(37)29-15/h15-18H,2-14H2,1H3,(H,28,36)(H,29,37)(H,30,33)(H,31,38)(H,34,35)(H4,25,26,27). The Morgan fingerprint density at radius 2 is 1.71 bits per heavy atom. The summed E-state index contributed by atoms with van der Waals surface area (Å²) in [4.78, 5) is 68.8. The van der Waals surface area contributed by atoms with Crippen molar-refractivity contribution in [2.24, 2.45) is 16.5 Å². The molecule has 4 unspecified atom stereocenters. The number of aliphatic carboxylic acids is 1. The fourth-order valence-corrected chi connectivity index (χ4v) is 4.71. The van der Waals surface area contributed by atoms with Crippen LogP contribution < -0.4 is 32.7 Å². The van der Waals surface area contributed by atoms with Gasteiger partial charge in [0, 0.05) is 19.1 Å². The molecule has 2 heterocycles. The number of unbranched alkanes of at least 4 members (excludes halogenated alkanes) is 4. The highest BCUT2D eigenvalue weighted by Crippen LogP contribution is 2.20. The van der Waals surface area contributed by atoms with Crippen LogP contribution in [0.25, 0.3) is 0 Å². The number of carbonyl (C=O) groups is 5. The maximum atomic E-state index is 13.4. The van der Waals surface area contributed by atoms with Crippen LogP contribution in [0.5, 0.6) is 0 Å². The van der Waals surface area contributed by atoms with Crippen molar-refractivity contribution in [2.75, 3.05) is 26.2 Å². The third-order valence-electron chi connectivity index (χ3n) is 6.63. The van der Waals surface area contributed by atoms with Crippen LogP contribution in [0.2, 0.25) is 0 Å². The molecule has 4 amide bonds. The maximum Gasteiger partial charge on any atom is 0.305 e. The monoisotopic (exact) mass is 538 g/mol. The molecule has 0 saturated carbocycles. The molecule has 14 nitrogen and oxygen atoms in total. The van der Waals surface area contributed by atoms with E-state index in [0.29, 0.717) is 25.9 Å². The third-order valence-corrected chi connectivity index (χ3v) is 6.63. The summed E-state index contributed by atoms with van der Waals surface area (Å²) >= 11 is 0. The minimum Gasteiger partial charge on any atom is -0.481 e. The summed E-state index contributed by atoms with van der Waals surface area (Å²) in [6.45, 7) is 2.95. The van der Waals surface area contributed by atoms with Crippen molar-refractivity contribution in [1.29, 1.82) is 0 Å². The molecule has 2 rings (SSSR count). The summed E-state index contributed by atoms with van der Waals surface area (Å²) in [5.74, 6) is -3.62. The van der Waals surface area contributed by atoms with Gasteiger partial charge in [0.2, 0.25) is 23.6 Å². The van der Waals surface area contributed by atoms with Gasteiger partial charge in [-0.05, 0) is 32.2 Å². The number of aliphatic imine (C=N–C) groups is 1. The lowest BCUT2D eigenvalue weighted by atomic mass is 10.1. The number of nitrogens with two attached hydrogens (primary N) is 2. The number of hydrogen-bond donors (Lipinski definition) is 7. The molecule has 9 N–H and O–H groups in total. The van der Waals surface area contributed by atoms with Gasteiger partial charge in [-0.15, -0.1) is 0 Å². The second kappa shape index (κ2) is 15.7. The first-order valence-electron chi connectivity index (χ1n) is 13.3. The number of rotatable bonds is 12. The number of nitrogens with one attached hydrogen (secondary N) is 4. The van der Waals surface area contributed by atoms with Crippen LogP contribution in [0.3, 0.4) is 0 Å². The van der Waals surface area contributed by atoms with Crippen LogP contribution in [0.1, 0.15) is 64.7 Å². The number of hydrogen-bond acceptors (Lipinski definition) is 7. The van der Waals surface area contributed by atoms with Crippen molar-refractivity contribution < 1.29 is 29.1 Å². The molecular formula is C24H42N8O6. The van der Waals surface area contributed by atoms with Crippen LogP contribution in [0, 0.1) is 0 Å². The van der Waals surface area contributed by atoms with Gasteiger partial charge in [0.05, 0.1) is 19.0 Å². The molecule has 2 aliphatic rings. The van der Waals surface area contributed by atoms with E-state index < -0.39 is 60.8 Å². The van der Waals surface area contributed by atoms with Gasteiger partial charge in [-0.1, -0.05) is 32.6 Å². The molecule has 0 spiro atoms. The molecule has 4 atom stereocenters. The number of nitrogens with zero attached hydrogens (tertiary/aromatic N) is 2. The molecule has 0 aliphatic carbocycles. The zero-order chi connectivity index (χ0) is 28.1. The van der Waals surface area contributed by atoms with Crippen LogP contribution in [0.4, 0.5) is 0 Å². The molecule has 14 heteroatoms. The summed E-state index contributed by atoms with van der Waals surface area (Å²) in [6, 6.07) is -3.23. The summed E-state index contributed by atoms with van der Waals surface area (Å²) in [5, 5.41) is 19.7. The van der Waals surface area contributed by atoms with E-state index in [1.54, 1.807) is 0 Å². The average Bonchev–Trinajstić information content (AvgIpc) is 3.25. The lowest BCUT2D eigenvalue weighted by Gasteiger charge is -2.26. The van der Waals surface area contributed by atoms with Gasteiger partial charge < -0.3 is 37.8 Å². The van der Waals surface area contributed by atoms with E-state index in [1.165, 1.54) is 0 Å². The van der Waals surface area contributed by atoms with Crippen molar-refractivity contribution in [3.05, 3.63) is 0 Å². The van der Waals surface area contributed by atoms with Crippen LogP contribution >= 0.6 is 0 Å². The van der Waals surface area contributed by atoms with Crippen molar-refractivity contribution in [1.82, 2.24) is 26.2 Å². The van der Waals surface area contributed by atoms with Gasteiger partial charge >= 0.3 is 5.97 Å². The first-order valence-corrected chi connectivity index (χ1v) is 13.3. The second-order valence-corrected chi connectivity index (χ2v) is 9.81. The topological polar surface area (TPSA) is 221 Å². The zero-order valence-electron chi connectivity index (χ0n) is 22.0. The van der Waals surface area contributed by atoms with Crippen LogP contribution in [-0.2, 0) is 24.0 Å². The van der Waals surface area contributed by atoms with Crippen molar-refractivity contribution in [3.8, 4) is 0 Å². The highest BCUT2D eigenvalue weighted by molar-refractivity contribution is 5.94. The van der Waals surface area contributed by atoms with Crippen molar-refractivity contribution in [3.63, 3.8) is 0 Å². The Hall–Kier alpha value is -3.42. The Bertz CT molecular complexity index is 878. The van der Waals surface area contributed by atoms with E-state index in [9.17, 15) is 29.1 Å². The van der Waals surface area contributed by atoms with E-state index in [0.717, 1.165) is 32.1 Å². The van der Waals surface area contributed by atoms with Crippen LogP contribution in [-0.4, -0.2) is 95.9 Å². The van der Waals surface area contributed by atoms with Gasteiger partial charge in [-0.3, -0.25) is 33.9 Å². The first-order chi connectivity index (χ1) is 18.1. The third kappa shape index (κ3) is 10.5. The number of amides is 4. The van der Waals surface area contributed by atoms with E-state index in [-0.39, 0.29) is 24.8 Å². The Balaban J connectivity index is 2.23.